The lowest BCUT2D eigenvalue weighted by Crippen LogP contribution is -2.64. The summed E-state index contributed by atoms with van der Waals surface area (Å²) in [5, 5.41) is 57.1. The van der Waals surface area contributed by atoms with Crippen LogP contribution in [-0.2, 0) is 38.0 Å². The minimum Gasteiger partial charge on any atom is -0.497 e. The van der Waals surface area contributed by atoms with E-state index >= 15 is 0 Å². The van der Waals surface area contributed by atoms with Gasteiger partial charge in [-0.1, -0.05) is 46.3 Å². The highest BCUT2D eigenvalue weighted by molar-refractivity contribution is 5.89. The summed E-state index contributed by atoms with van der Waals surface area (Å²) in [6, 6.07) is 6.05. The Morgan fingerprint density at radius 3 is 2.19 bits per heavy atom. The molecule has 7 rings (SSSR count). The van der Waals surface area contributed by atoms with Crippen LogP contribution in [0.4, 0.5) is 0 Å². The molecule has 2 saturated heterocycles. The number of ether oxygens (including phenoxy) is 7. The molecule has 1 aromatic rings. The van der Waals surface area contributed by atoms with Gasteiger partial charge in [-0.05, 0) is 105 Å². The van der Waals surface area contributed by atoms with Crippen LogP contribution in [0.3, 0.4) is 0 Å². The Kier molecular flexibility index (Phi) is 14.0. The van der Waals surface area contributed by atoms with Crippen LogP contribution in [0.1, 0.15) is 110 Å². The number of rotatable bonds is 13. The smallest absolute Gasteiger partial charge is 0.338 e. The number of fused-ring (bicyclic) bond motifs is 5. The van der Waals surface area contributed by atoms with Gasteiger partial charge in [0.1, 0.15) is 41.5 Å². The summed E-state index contributed by atoms with van der Waals surface area (Å²) >= 11 is 0. The molecule has 15 heteroatoms. The van der Waals surface area contributed by atoms with Crippen LogP contribution in [-0.4, -0.2) is 131 Å². The zero-order valence-corrected chi connectivity index (χ0v) is 37.1. The number of allylic oxidation sites excluding steroid dienone is 1. The maximum absolute atomic E-state index is 14.2. The van der Waals surface area contributed by atoms with Gasteiger partial charge < -0.3 is 58.7 Å². The van der Waals surface area contributed by atoms with Crippen LogP contribution in [0, 0.1) is 40.4 Å². The number of aliphatic hydroxyl groups excluding tert-OH is 4. The van der Waals surface area contributed by atoms with E-state index in [1.54, 1.807) is 19.1 Å². The van der Waals surface area contributed by atoms with Crippen molar-refractivity contribution in [2.75, 3.05) is 20.3 Å². The first-order valence-electron chi connectivity index (χ1n) is 22.6. The summed E-state index contributed by atoms with van der Waals surface area (Å²) in [6.07, 6.45) is -5.12. The summed E-state index contributed by atoms with van der Waals surface area (Å²) in [5.41, 5.74) is -1.08. The maximum Gasteiger partial charge on any atom is 0.338 e. The van der Waals surface area contributed by atoms with E-state index in [0.29, 0.717) is 37.4 Å². The van der Waals surface area contributed by atoms with Gasteiger partial charge in [-0.2, -0.15) is 0 Å². The van der Waals surface area contributed by atoms with Crippen molar-refractivity contribution in [1.82, 2.24) is 0 Å². The average Bonchev–Trinajstić information content (AvgIpc) is 3.47. The standard InChI is InChI=1S/C47H68O15/c1-24(2)8-15-34(50)25(3)47(55)37(21-33-31-14-11-28-20-29(49)16-18-45(28,5)32(31)17-19-46(33,47)6)60-44-41(59-26(4)48)39(36(52)23-58-44)62-43-40(38(53)35(51)22-57-43)61-42(54)27-9-12-30(56-7)13-10-27/h9-13,24-25,29,31-33,35-41,43-44,49,51-53,55H,8,14-23H2,1-7H3/t25-,29+,31?,32?,33?,35?,36?,37+,38?,39?,40?,41?,43?,44?,45+,46+,47-/m1/s1. The summed E-state index contributed by atoms with van der Waals surface area (Å²) in [7, 11) is 1.48. The second-order valence-electron chi connectivity index (χ2n) is 19.7. The molecule has 62 heavy (non-hydrogen) atoms. The molecule has 346 valence electrons. The van der Waals surface area contributed by atoms with Crippen molar-refractivity contribution in [3.63, 3.8) is 0 Å². The van der Waals surface area contributed by atoms with Crippen LogP contribution >= 0.6 is 0 Å². The van der Waals surface area contributed by atoms with Gasteiger partial charge in [-0.3, -0.25) is 9.59 Å². The summed E-state index contributed by atoms with van der Waals surface area (Å²) < 4.78 is 41.7. The van der Waals surface area contributed by atoms with E-state index in [1.807, 2.05) is 0 Å². The number of esters is 2. The number of hydrogen-bond acceptors (Lipinski definition) is 15. The Balaban J connectivity index is 1.18. The van der Waals surface area contributed by atoms with Crippen molar-refractivity contribution in [3.05, 3.63) is 41.5 Å². The molecule has 15 nitrogen and oxygen atoms in total. The molecule has 6 aliphatic rings. The van der Waals surface area contributed by atoms with Gasteiger partial charge in [0.15, 0.2) is 24.8 Å². The SMILES string of the molecule is COc1ccc(C(=O)OC2C(OC3C(O)COC(O[C@H]4CC5C6CC=C7C[C@@H](O)CC[C@]7(C)C6CC[C@]5(C)[C@@]4(O)[C@H](C)C(=O)CCC(C)C)C3OC(C)=O)OCC(O)C2O)cc1. The topological polar surface area (TPSA) is 217 Å². The van der Waals surface area contributed by atoms with Gasteiger partial charge in [0.25, 0.3) is 0 Å². The van der Waals surface area contributed by atoms with E-state index in [4.69, 9.17) is 33.2 Å². The molecule has 0 radical (unpaired) electrons. The van der Waals surface area contributed by atoms with Crippen molar-refractivity contribution in [3.8, 4) is 5.75 Å². The van der Waals surface area contributed by atoms with Crippen molar-refractivity contribution >= 4 is 17.7 Å². The third kappa shape index (κ3) is 8.62. The van der Waals surface area contributed by atoms with Gasteiger partial charge in [-0.25, -0.2) is 4.79 Å². The fraction of sp³-hybridized carbons (Fsp3) is 0.766. The molecule has 0 spiro atoms. The van der Waals surface area contributed by atoms with E-state index in [0.717, 1.165) is 25.7 Å². The first-order chi connectivity index (χ1) is 29.3. The molecule has 1 aromatic carbocycles. The summed E-state index contributed by atoms with van der Waals surface area (Å²) in [4.78, 5) is 40.3. The van der Waals surface area contributed by atoms with Crippen LogP contribution in [0.5, 0.6) is 5.75 Å². The van der Waals surface area contributed by atoms with Crippen molar-refractivity contribution in [2.45, 2.75) is 166 Å². The highest BCUT2D eigenvalue weighted by Crippen LogP contribution is 2.69. The number of benzene rings is 1. The highest BCUT2D eigenvalue weighted by atomic mass is 16.8. The minimum absolute atomic E-state index is 0.0591. The van der Waals surface area contributed by atoms with Gasteiger partial charge in [0, 0.05) is 24.7 Å². The number of carbonyl (C=O) groups excluding carboxylic acids is 3. The molecule has 5 N–H and O–H groups in total. The molecular formula is C47H68O15. The highest BCUT2D eigenvalue weighted by Gasteiger charge is 2.70. The minimum atomic E-state index is -1.67. The molecule has 4 aliphatic carbocycles. The zero-order chi connectivity index (χ0) is 44.9. The molecule has 11 unspecified atom stereocenters. The predicted molar refractivity (Wildman–Crippen MR) is 221 cm³/mol. The molecular weight excluding hydrogens is 805 g/mol. The third-order valence-corrected chi connectivity index (χ3v) is 15.7. The van der Waals surface area contributed by atoms with Crippen LogP contribution in [0.25, 0.3) is 0 Å². The Bertz CT molecular complexity index is 1800. The average molecular weight is 873 g/mol. The second kappa shape index (κ2) is 18.5. The number of Topliss-reactive ketones (excluding diaryl/α,β-unsaturated/α-hetero) is 1. The van der Waals surface area contributed by atoms with Crippen LogP contribution in [0.15, 0.2) is 35.9 Å². The van der Waals surface area contributed by atoms with E-state index in [2.05, 4.69) is 33.8 Å². The number of ketones is 1. The second-order valence-corrected chi connectivity index (χ2v) is 19.7. The normalized spacial score (nSPS) is 42.1. The monoisotopic (exact) mass is 872 g/mol. The lowest BCUT2D eigenvalue weighted by molar-refractivity contribution is -0.345. The van der Waals surface area contributed by atoms with Crippen molar-refractivity contribution in [2.24, 2.45) is 40.4 Å². The van der Waals surface area contributed by atoms with Crippen LogP contribution in [0.2, 0.25) is 0 Å². The number of aliphatic hydroxyl groups is 5. The van der Waals surface area contributed by atoms with Crippen molar-refractivity contribution in [1.29, 1.82) is 0 Å². The fourth-order valence-corrected chi connectivity index (χ4v) is 12.1. The van der Waals surface area contributed by atoms with Gasteiger partial charge in [0.2, 0.25) is 0 Å². The summed E-state index contributed by atoms with van der Waals surface area (Å²) in [5.74, 6) is -1.30. The van der Waals surface area contributed by atoms with Crippen molar-refractivity contribution < 1.29 is 73.1 Å². The zero-order valence-electron chi connectivity index (χ0n) is 37.1. The summed E-state index contributed by atoms with van der Waals surface area (Å²) in [6.45, 7) is 10.7. The first kappa shape index (κ1) is 47.0. The molecule has 0 amide bonds. The fourth-order valence-electron chi connectivity index (χ4n) is 12.1. The molecule has 2 aliphatic heterocycles. The third-order valence-electron chi connectivity index (χ3n) is 15.7. The van der Waals surface area contributed by atoms with Gasteiger partial charge >= 0.3 is 11.9 Å². The Morgan fingerprint density at radius 2 is 1.53 bits per heavy atom. The lowest BCUT2D eigenvalue weighted by atomic mass is 9.46. The largest absolute Gasteiger partial charge is 0.497 e. The Morgan fingerprint density at radius 1 is 0.855 bits per heavy atom. The van der Waals surface area contributed by atoms with Gasteiger partial charge in [0.05, 0.1) is 38.1 Å². The molecule has 5 fully saturated rings. The lowest BCUT2D eigenvalue weighted by Gasteiger charge is -2.59. The molecule has 17 atom stereocenters. The van der Waals surface area contributed by atoms with Gasteiger partial charge in [-0.15, -0.1) is 0 Å². The molecule has 2 heterocycles. The Labute approximate surface area is 364 Å². The number of hydrogen-bond donors (Lipinski definition) is 5. The molecule has 0 aromatic heterocycles. The first-order valence-corrected chi connectivity index (χ1v) is 22.6. The van der Waals surface area contributed by atoms with E-state index in [1.165, 1.54) is 31.7 Å². The van der Waals surface area contributed by atoms with E-state index < -0.39 is 90.8 Å². The molecule has 3 saturated carbocycles. The number of methoxy groups -OCH3 is 1. The Hall–Kier alpha value is -2.99. The predicted octanol–water partition coefficient (Wildman–Crippen LogP) is 4.02. The van der Waals surface area contributed by atoms with Crippen LogP contribution < -0.4 is 4.74 Å². The number of carbonyl (C=O) groups is 3. The maximum atomic E-state index is 14.2. The van der Waals surface area contributed by atoms with E-state index in [-0.39, 0.29) is 53.6 Å². The molecule has 0 bridgehead atoms. The quantitative estimate of drug-likeness (QED) is 0.140. The van der Waals surface area contributed by atoms with E-state index in [9.17, 15) is 39.9 Å².